The van der Waals surface area contributed by atoms with Gasteiger partial charge in [-0.2, -0.15) is 0 Å². The van der Waals surface area contributed by atoms with Gasteiger partial charge in [0.15, 0.2) is 0 Å². The number of hydrogen-bond acceptors (Lipinski definition) is 2. The van der Waals surface area contributed by atoms with Gasteiger partial charge in [0, 0.05) is 17.6 Å². The Bertz CT molecular complexity index is 641. The van der Waals surface area contributed by atoms with Gasteiger partial charge in [0.05, 0.1) is 0 Å². The van der Waals surface area contributed by atoms with E-state index in [1.165, 1.54) is 30.7 Å². The highest BCUT2D eigenvalue weighted by Gasteiger charge is 2.48. The fraction of sp³-hybridized carbons (Fsp3) is 0.579. The van der Waals surface area contributed by atoms with Crippen LogP contribution in [0.2, 0.25) is 0 Å². The third-order valence-corrected chi connectivity index (χ3v) is 5.64. The second-order valence-corrected chi connectivity index (χ2v) is 7.37. The minimum absolute atomic E-state index is 0.0117. The van der Waals surface area contributed by atoms with Crippen molar-refractivity contribution in [1.82, 2.24) is 10.2 Å². The molecule has 3 fully saturated rings. The minimum atomic E-state index is -0.378. The summed E-state index contributed by atoms with van der Waals surface area (Å²) in [4.78, 5) is 27.5. The maximum Gasteiger partial charge on any atom is 0.254 e. The van der Waals surface area contributed by atoms with Crippen LogP contribution < -0.4 is 5.32 Å². The number of carbonyl (C=O) groups is 2. The van der Waals surface area contributed by atoms with E-state index in [9.17, 15) is 14.0 Å². The molecule has 128 valence electrons. The maximum absolute atomic E-state index is 13.2. The van der Waals surface area contributed by atoms with Crippen molar-refractivity contribution in [2.75, 3.05) is 0 Å². The van der Waals surface area contributed by atoms with Gasteiger partial charge in [-0.25, -0.2) is 4.39 Å². The smallest absolute Gasteiger partial charge is 0.254 e. The third-order valence-electron chi connectivity index (χ3n) is 5.64. The van der Waals surface area contributed by atoms with Crippen molar-refractivity contribution < 1.29 is 14.0 Å². The fourth-order valence-electron chi connectivity index (χ4n) is 4.25. The second kappa shape index (κ2) is 6.19. The largest absolute Gasteiger partial charge is 0.352 e. The second-order valence-electron chi connectivity index (χ2n) is 7.37. The van der Waals surface area contributed by atoms with Gasteiger partial charge in [-0.1, -0.05) is 12.8 Å². The van der Waals surface area contributed by atoms with Crippen molar-refractivity contribution in [2.24, 2.45) is 5.92 Å². The van der Waals surface area contributed by atoms with Crippen molar-refractivity contribution in [3.63, 3.8) is 0 Å². The molecule has 2 amide bonds. The topological polar surface area (TPSA) is 49.4 Å². The van der Waals surface area contributed by atoms with E-state index >= 15 is 0 Å². The van der Waals surface area contributed by atoms with E-state index in [1.54, 1.807) is 4.90 Å². The lowest BCUT2D eigenvalue weighted by Crippen LogP contribution is -2.50. The Morgan fingerprint density at radius 2 is 1.75 bits per heavy atom. The predicted octanol–water partition coefficient (Wildman–Crippen LogP) is 2.88. The molecule has 2 saturated carbocycles. The molecule has 0 bridgehead atoms. The number of rotatable bonds is 3. The van der Waals surface area contributed by atoms with Crippen LogP contribution in [0.5, 0.6) is 0 Å². The number of amides is 2. The highest BCUT2D eigenvalue weighted by Crippen LogP contribution is 2.40. The van der Waals surface area contributed by atoms with E-state index in [0.717, 1.165) is 38.5 Å². The Labute approximate surface area is 141 Å². The molecule has 5 heteroatoms. The number of halogens is 1. The maximum atomic E-state index is 13.2. The molecule has 1 heterocycles. The van der Waals surface area contributed by atoms with Crippen LogP contribution in [-0.2, 0) is 4.79 Å². The van der Waals surface area contributed by atoms with E-state index < -0.39 is 0 Å². The first-order valence-electron chi connectivity index (χ1n) is 9.02. The summed E-state index contributed by atoms with van der Waals surface area (Å²) in [6.07, 6.45) is 7.17. The Morgan fingerprint density at radius 3 is 2.46 bits per heavy atom. The van der Waals surface area contributed by atoms with E-state index in [0.29, 0.717) is 17.5 Å². The number of carbonyl (C=O) groups excluding carboxylic acids is 2. The minimum Gasteiger partial charge on any atom is -0.352 e. The van der Waals surface area contributed by atoms with Crippen LogP contribution in [0.15, 0.2) is 24.3 Å². The van der Waals surface area contributed by atoms with Gasteiger partial charge >= 0.3 is 0 Å². The lowest BCUT2D eigenvalue weighted by Gasteiger charge is -2.33. The summed E-state index contributed by atoms with van der Waals surface area (Å²) in [6.45, 7) is 0. The van der Waals surface area contributed by atoms with Crippen LogP contribution in [0.1, 0.15) is 55.3 Å². The van der Waals surface area contributed by atoms with E-state index in [4.69, 9.17) is 0 Å². The molecule has 3 aliphatic rings. The molecule has 1 aliphatic heterocycles. The Kier molecular flexibility index (Phi) is 4.02. The molecule has 1 aromatic carbocycles. The summed E-state index contributed by atoms with van der Waals surface area (Å²) in [6, 6.07) is 5.71. The molecule has 0 unspecified atom stereocenters. The standard InChI is InChI=1S/C19H23FN2O2/c20-14-7-5-12(6-8-14)19(24)22-16-4-2-1-3-13(16)11-17(22)18(23)21-15-9-10-15/h5-8,13,15-17H,1-4,9-11H2,(H,21,23)/t13-,16-,17+/m1/s1. The molecule has 2 aliphatic carbocycles. The molecular weight excluding hydrogens is 307 g/mol. The average Bonchev–Trinajstić information content (AvgIpc) is 3.31. The van der Waals surface area contributed by atoms with Gasteiger partial charge in [-0.05, 0) is 62.3 Å². The molecule has 3 atom stereocenters. The first-order chi connectivity index (χ1) is 11.6. The van der Waals surface area contributed by atoms with Gasteiger partial charge in [0.25, 0.3) is 5.91 Å². The molecular formula is C19H23FN2O2. The summed E-state index contributed by atoms with van der Waals surface area (Å²) in [5, 5.41) is 3.06. The van der Waals surface area contributed by atoms with Gasteiger partial charge in [-0.3, -0.25) is 9.59 Å². The lowest BCUT2D eigenvalue weighted by molar-refractivity contribution is -0.125. The predicted molar refractivity (Wildman–Crippen MR) is 87.9 cm³/mol. The number of hydrogen-bond donors (Lipinski definition) is 1. The lowest BCUT2D eigenvalue weighted by atomic mass is 9.84. The van der Waals surface area contributed by atoms with Crippen LogP contribution >= 0.6 is 0 Å². The van der Waals surface area contributed by atoms with E-state index in [-0.39, 0.29) is 29.7 Å². The van der Waals surface area contributed by atoms with Gasteiger partial charge in [0.1, 0.15) is 11.9 Å². The molecule has 0 radical (unpaired) electrons. The van der Waals surface area contributed by atoms with Gasteiger partial charge in [-0.15, -0.1) is 0 Å². The van der Waals surface area contributed by atoms with Gasteiger partial charge in [0.2, 0.25) is 5.91 Å². The molecule has 4 rings (SSSR count). The molecule has 0 aromatic heterocycles. The van der Waals surface area contributed by atoms with Crippen LogP contribution in [-0.4, -0.2) is 34.8 Å². The summed E-state index contributed by atoms with van der Waals surface area (Å²) in [5.41, 5.74) is 0.465. The van der Waals surface area contributed by atoms with E-state index in [2.05, 4.69) is 5.32 Å². The highest BCUT2D eigenvalue weighted by molar-refractivity contribution is 5.98. The molecule has 1 aromatic rings. The third kappa shape index (κ3) is 2.92. The quantitative estimate of drug-likeness (QED) is 0.926. The average molecular weight is 330 g/mol. The normalized spacial score (nSPS) is 29.2. The van der Waals surface area contributed by atoms with Crippen molar-refractivity contribution in [1.29, 1.82) is 0 Å². The van der Waals surface area contributed by atoms with Gasteiger partial charge < -0.3 is 10.2 Å². The fourth-order valence-corrected chi connectivity index (χ4v) is 4.25. The zero-order valence-electron chi connectivity index (χ0n) is 13.7. The number of nitrogens with one attached hydrogen (secondary N) is 1. The summed E-state index contributed by atoms with van der Waals surface area (Å²) >= 11 is 0. The van der Waals surface area contributed by atoms with Crippen LogP contribution in [0.25, 0.3) is 0 Å². The number of fused-ring (bicyclic) bond motifs is 1. The van der Waals surface area contributed by atoms with Crippen molar-refractivity contribution in [3.05, 3.63) is 35.6 Å². The van der Waals surface area contributed by atoms with E-state index in [1.807, 2.05) is 0 Å². The Morgan fingerprint density at radius 1 is 1.04 bits per heavy atom. The number of nitrogens with zero attached hydrogens (tertiary/aromatic N) is 1. The summed E-state index contributed by atoms with van der Waals surface area (Å²) in [7, 11) is 0. The van der Waals surface area contributed by atoms with Crippen molar-refractivity contribution in [3.8, 4) is 0 Å². The first kappa shape index (κ1) is 15.6. The SMILES string of the molecule is O=C(NC1CC1)[C@@H]1C[C@H]2CCCC[C@H]2N1C(=O)c1ccc(F)cc1. The van der Waals surface area contributed by atoms with Crippen molar-refractivity contribution >= 4 is 11.8 Å². The molecule has 1 saturated heterocycles. The number of benzene rings is 1. The monoisotopic (exact) mass is 330 g/mol. The molecule has 4 nitrogen and oxygen atoms in total. The summed E-state index contributed by atoms with van der Waals surface area (Å²) in [5.74, 6) is -0.0904. The molecule has 24 heavy (non-hydrogen) atoms. The molecule has 0 spiro atoms. The Balaban J connectivity index is 1.60. The van der Waals surface area contributed by atoms with Crippen LogP contribution in [0.4, 0.5) is 4.39 Å². The first-order valence-corrected chi connectivity index (χ1v) is 9.02. The summed E-state index contributed by atoms with van der Waals surface area (Å²) < 4.78 is 13.2. The van der Waals surface area contributed by atoms with Crippen LogP contribution in [0, 0.1) is 11.7 Å². The zero-order chi connectivity index (χ0) is 16.7. The molecule has 1 N–H and O–H groups in total. The Hall–Kier alpha value is -1.91. The van der Waals surface area contributed by atoms with Crippen LogP contribution in [0.3, 0.4) is 0 Å². The number of likely N-dealkylation sites (tertiary alicyclic amines) is 1. The zero-order valence-corrected chi connectivity index (χ0v) is 13.7. The van der Waals surface area contributed by atoms with Crippen molar-refractivity contribution in [2.45, 2.75) is 63.1 Å². The highest BCUT2D eigenvalue weighted by atomic mass is 19.1.